The van der Waals surface area contributed by atoms with E-state index in [1.165, 1.54) is 13.1 Å². The predicted octanol–water partition coefficient (Wildman–Crippen LogP) is 3.02. The average Bonchev–Trinajstić information content (AvgIpc) is 2.85. The van der Waals surface area contributed by atoms with Crippen LogP contribution in [0, 0.1) is 18.8 Å². The summed E-state index contributed by atoms with van der Waals surface area (Å²) in [5.74, 6) is 3.54. The minimum absolute atomic E-state index is 0.146. The summed E-state index contributed by atoms with van der Waals surface area (Å²) >= 11 is 6.45. The highest BCUT2D eigenvalue weighted by molar-refractivity contribution is 7.89. The van der Waals surface area contributed by atoms with Gasteiger partial charge in [0.05, 0.1) is 41.7 Å². The number of nitrogens with zero attached hydrogens (tertiary/aromatic N) is 3. The van der Waals surface area contributed by atoms with Crippen LogP contribution in [0.4, 0.5) is 17.1 Å². The number of halogens is 1. The van der Waals surface area contributed by atoms with Gasteiger partial charge in [0.15, 0.2) is 0 Å². The van der Waals surface area contributed by atoms with Crippen LogP contribution in [-0.2, 0) is 29.1 Å². The van der Waals surface area contributed by atoms with Gasteiger partial charge in [-0.25, -0.2) is 13.3 Å². The van der Waals surface area contributed by atoms with Crippen LogP contribution in [0.5, 0.6) is 0 Å². The second kappa shape index (κ2) is 12.6. The van der Waals surface area contributed by atoms with Gasteiger partial charge in [-0.1, -0.05) is 17.5 Å². The number of benzene rings is 2. The molecule has 0 aromatic heterocycles. The lowest BCUT2D eigenvalue weighted by Crippen LogP contribution is -2.38. The molecule has 2 aromatic rings. The number of likely N-dealkylation sites (N-methyl/N-ethyl adjacent to an activating group) is 1. The molecule has 1 heterocycles. The number of ether oxygens (including phenoxy) is 1. The van der Waals surface area contributed by atoms with Crippen LogP contribution >= 0.6 is 11.6 Å². The van der Waals surface area contributed by atoms with E-state index in [2.05, 4.69) is 22.1 Å². The molecule has 1 fully saturated rings. The second-order valence-corrected chi connectivity index (χ2v) is 11.4. The van der Waals surface area contributed by atoms with Gasteiger partial charge >= 0.3 is 0 Å². The highest BCUT2D eigenvalue weighted by atomic mass is 35.5. The number of carbonyl (C=O) groups is 3. The summed E-state index contributed by atoms with van der Waals surface area (Å²) in [5, 5.41) is 3.11. The van der Waals surface area contributed by atoms with Crippen molar-refractivity contribution < 1.29 is 27.5 Å². The largest absolute Gasteiger partial charge is 0.378 e. The van der Waals surface area contributed by atoms with Crippen molar-refractivity contribution in [2.45, 2.75) is 32.6 Å². The van der Waals surface area contributed by atoms with Crippen molar-refractivity contribution in [2.75, 3.05) is 55.0 Å². The van der Waals surface area contributed by atoms with E-state index in [1.807, 2.05) is 0 Å². The van der Waals surface area contributed by atoms with Crippen molar-refractivity contribution in [1.29, 1.82) is 0 Å². The van der Waals surface area contributed by atoms with E-state index in [9.17, 15) is 22.8 Å². The Balaban J connectivity index is 1.89. The predicted molar refractivity (Wildman–Crippen MR) is 151 cm³/mol. The van der Waals surface area contributed by atoms with Gasteiger partial charge in [-0.3, -0.25) is 14.4 Å². The zero-order chi connectivity index (χ0) is 28.9. The van der Waals surface area contributed by atoms with E-state index in [-0.39, 0.29) is 16.1 Å². The summed E-state index contributed by atoms with van der Waals surface area (Å²) in [6.07, 6.45) is 0. The van der Waals surface area contributed by atoms with Gasteiger partial charge in [0.1, 0.15) is 4.90 Å². The first-order chi connectivity index (χ1) is 18.4. The summed E-state index contributed by atoms with van der Waals surface area (Å²) in [6.45, 7) is 7.61. The van der Waals surface area contributed by atoms with Crippen LogP contribution in [0.3, 0.4) is 0 Å². The van der Waals surface area contributed by atoms with E-state index in [4.69, 9.17) is 16.3 Å². The summed E-state index contributed by atoms with van der Waals surface area (Å²) in [6, 6.07) is 8.03. The quantitative estimate of drug-likeness (QED) is 0.505. The Morgan fingerprint density at radius 1 is 1.10 bits per heavy atom. The Morgan fingerprint density at radius 3 is 2.31 bits per heavy atom. The van der Waals surface area contributed by atoms with Crippen molar-refractivity contribution in [2.24, 2.45) is 0 Å². The molecule has 2 aromatic carbocycles. The lowest BCUT2D eigenvalue weighted by atomic mass is 10.1. The molecule has 0 saturated carbocycles. The van der Waals surface area contributed by atoms with Gasteiger partial charge in [-0.15, -0.1) is 5.92 Å². The summed E-state index contributed by atoms with van der Waals surface area (Å²) < 4.78 is 33.6. The monoisotopic (exact) mass is 574 g/mol. The molecule has 12 heteroatoms. The molecule has 0 spiro atoms. The van der Waals surface area contributed by atoms with Crippen LogP contribution in [0.2, 0.25) is 5.02 Å². The van der Waals surface area contributed by atoms with E-state index < -0.39 is 34.3 Å². The normalized spacial score (nSPS) is 13.5. The molecule has 0 bridgehead atoms. The van der Waals surface area contributed by atoms with E-state index in [0.29, 0.717) is 42.6 Å². The third-order valence-corrected chi connectivity index (χ3v) is 8.09. The third kappa shape index (κ3) is 6.96. The van der Waals surface area contributed by atoms with E-state index in [1.54, 1.807) is 38.1 Å². The van der Waals surface area contributed by atoms with Gasteiger partial charge in [-0.2, -0.15) is 4.31 Å². The molecule has 208 valence electrons. The molecule has 1 aliphatic rings. The molecule has 0 atom stereocenters. The smallest absolute Gasteiger partial charge is 0.245 e. The van der Waals surface area contributed by atoms with Crippen molar-refractivity contribution in [1.82, 2.24) is 4.31 Å². The number of amides is 3. The van der Waals surface area contributed by atoms with Crippen LogP contribution in [0.25, 0.3) is 0 Å². The first-order valence-corrected chi connectivity index (χ1v) is 14.0. The molecule has 0 aliphatic carbocycles. The third-order valence-electron chi connectivity index (χ3n) is 5.97. The maximum atomic E-state index is 13.7. The lowest BCUT2D eigenvalue weighted by molar-refractivity contribution is -0.124. The van der Waals surface area contributed by atoms with Gasteiger partial charge in [0.25, 0.3) is 0 Å². The number of aryl methyl sites for hydroxylation is 1. The first kappa shape index (κ1) is 30.1. The molecule has 3 rings (SSSR count). The zero-order valence-electron chi connectivity index (χ0n) is 22.5. The number of morpholine rings is 1. The summed E-state index contributed by atoms with van der Waals surface area (Å²) in [7, 11) is -3.11. The number of nitrogens with one attached hydrogen (secondary N) is 1. The molecule has 0 unspecified atom stereocenters. The first-order valence-electron chi connectivity index (χ1n) is 12.1. The fraction of sp³-hybridized carbons (Fsp3) is 0.370. The Morgan fingerprint density at radius 2 is 1.74 bits per heavy atom. The SMILES string of the molecule is CC#Cc1cc(C)cc(S(=O)(=O)N(C)CC(=O)Nc2ccc(N3CCOCC3)c(Cl)c2)c1N(C(C)=O)C(C)=O. The molecule has 1 saturated heterocycles. The van der Waals surface area contributed by atoms with Crippen LogP contribution in [0.1, 0.15) is 31.9 Å². The van der Waals surface area contributed by atoms with Gasteiger partial charge in [0.2, 0.25) is 27.7 Å². The highest BCUT2D eigenvalue weighted by Crippen LogP contribution is 2.33. The summed E-state index contributed by atoms with van der Waals surface area (Å²) in [4.78, 5) is 40.1. The zero-order valence-corrected chi connectivity index (χ0v) is 24.1. The fourth-order valence-electron chi connectivity index (χ4n) is 4.24. The van der Waals surface area contributed by atoms with Crippen LogP contribution in [0.15, 0.2) is 35.2 Å². The second-order valence-electron chi connectivity index (χ2n) is 8.98. The summed E-state index contributed by atoms with van der Waals surface area (Å²) in [5.41, 5.74) is 1.83. The molecule has 1 aliphatic heterocycles. The molecule has 1 N–H and O–H groups in total. The maximum absolute atomic E-state index is 13.7. The topological polar surface area (TPSA) is 116 Å². The van der Waals surface area contributed by atoms with Crippen molar-refractivity contribution in [3.05, 3.63) is 46.5 Å². The van der Waals surface area contributed by atoms with E-state index >= 15 is 0 Å². The molecule has 39 heavy (non-hydrogen) atoms. The molecular weight excluding hydrogens is 544 g/mol. The van der Waals surface area contributed by atoms with Crippen LogP contribution < -0.4 is 15.1 Å². The van der Waals surface area contributed by atoms with Crippen molar-refractivity contribution in [3.63, 3.8) is 0 Å². The van der Waals surface area contributed by atoms with Gasteiger partial charge in [-0.05, 0) is 49.7 Å². The Kier molecular flexibility index (Phi) is 9.74. The molecule has 3 amide bonds. The average molecular weight is 575 g/mol. The van der Waals surface area contributed by atoms with Crippen molar-refractivity contribution >= 4 is 56.4 Å². The number of sulfonamides is 1. The Hall–Kier alpha value is -3.43. The number of hydrogen-bond acceptors (Lipinski definition) is 7. The van der Waals surface area contributed by atoms with Gasteiger partial charge < -0.3 is 15.0 Å². The van der Waals surface area contributed by atoms with Gasteiger partial charge in [0, 0.05) is 39.7 Å². The maximum Gasteiger partial charge on any atom is 0.245 e. The van der Waals surface area contributed by atoms with Crippen LogP contribution in [-0.4, -0.2) is 70.3 Å². The standard InChI is InChI=1S/C27H31ClN4O6S/c1-6-7-21-14-18(2)15-25(27(21)32(19(3)33)20(4)34)39(36,37)30(5)17-26(35)29-22-8-9-24(23(28)16-22)31-10-12-38-13-11-31/h8-9,14-16H,10-13,17H2,1-5H3,(H,29,35). The minimum Gasteiger partial charge on any atom is -0.378 e. The number of imide groups is 1. The number of anilines is 3. The molecular formula is C27H31ClN4O6S. The molecule has 0 radical (unpaired) electrons. The Bertz CT molecular complexity index is 1440. The fourth-order valence-corrected chi connectivity index (χ4v) is 5.94. The Labute approximate surface area is 233 Å². The highest BCUT2D eigenvalue weighted by Gasteiger charge is 2.32. The minimum atomic E-state index is -4.35. The van der Waals surface area contributed by atoms with Crippen molar-refractivity contribution in [3.8, 4) is 11.8 Å². The lowest BCUT2D eigenvalue weighted by Gasteiger charge is -2.29. The number of carbonyl (C=O) groups excluding carboxylic acids is 3. The number of hydrogen-bond donors (Lipinski definition) is 1. The number of rotatable bonds is 7. The van der Waals surface area contributed by atoms with E-state index in [0.717, 1.165) is 28.7 Å². The molecule has 10 nitrogen and oxygen atoms in total.